The van der Waals surface area contributed by atoms with Crippen molar-refractivity contribution in [1.29, 1.82) is 0 Å². The molecule has 2 aliphatic rings. The Morgan fingerprint density at radius 3 is 2.32 bits per heavy atom. The maximum Gasteiger partial charge on any atom is 0.433 e. The summed E-state index contributed by atoms with van der Waals surface area (Å²) in [6.45, 7) is 6.72. The Labute approximate surface area is 177 Å². The number of ether oxygens (including phenoxy) is 1. The van der Waals surface area contributed by atoms with Crippen molar-refractivity contribution < 1.29 is 22.7 Å². The van der Waals surface area contributed by atoms with Gasteiger partial charge in [-0.05, 0) is 19.1 Å². The van der Waals surface area contributed by atoms with E-state index in [1.165, 1.54) is 6.07 Å². The molecule has 2 fully saturated rings. The molecule has 2 aliphatic heterocycles. The summed E-state index contributed by atoms with van der Waals surface area (Å²) >= 11 is 0. The highest BCUT2D eigenvalue weighted by Crippen LogP contribution is 2.27. The molecule has 0 unspecified atom stereocenters. The van der Waals surface area contributed by atoms with E-state index in [1.807, 2.05) is 13.0 Å². The number of carbonyl (C=O) groups is 1. The summed E-state index contributed by atoms with van der Waals surface area (Å²) in [5.74, 6) is 1.15. The molecule has 0 radical (unpaired) electrons. The number of hydrogen-bond acceptors (Lipinski definition) is 7. The lowest BCUT2D eigenvalue weighted by Gasteiger charge is -2.36. The average Bonchev–Trinajstić information content (AvgIpc) is 2.78. The smallest absolute Gasteiger partial charge is 0.378 e. The summed E-state index contributed by atoms with van der Waals surface area (Å²) in [4.78, 5) is 31.1. The molecule has 0 saturated carbocycles. The molecule has 1 amide bonds. The molecule has 0 bridgehead atoms. The van der Waals surface area contributed by atoms with Crippen molar-refractivity contribution in [2.24, 2.45) is 0 Å². The van der Waals surface area contributed by atoms with Crippen LogP contribution < -0.4 is 9.80 Å². The van der Waals surface area contributed by atoms with Crippen LogP contribution in [0.4, 0.5) is 24.9 Å². The number of anilines is 2. The molecule has 8 nitrogen and oxygen atoms in total. The Hall–Kier alpha value is -2.95. The first-order valence-electron chi connectivity index (χ1n) is 10.1. The molecule has 11 heteroatoms. The number of pyridine rings is 1. The highest BCUT2D eigenvalue weighted by atomic mass is 19.4. The minimum Gasteiger partial charge on any atom is -0.378 e. The van der Waals surface area contributed by atoms with Gasteiger partial charge in [-0.2, -0.15) is 18.2 Å². The summed E-state index contributed by atoms with van der Waals surface area (Å²) in [5, 5.41) is 0. The van der Waals surface area contributed by atoms with Gasteiger partial charge in [0.25, 0.3) is 5.91 Å². The van der Waals surface area contributed by atoms with Crippen LogP contribution in [0.25, 0.3) is 0 Å². The summed E-state index contributed by atoms with van der Waals surface area (Å²) < 4.78 is 43.4. The number of hydrogen-bond donors (Lipinski definition) is 0. The van der Waals surface area contributed by atoms with Crippen molar-refractivity contribution in [3.8, 4) is 0 Å². The second-order valence-corrected chi connectivity index (χ2v) is 7.48. The molecule has 31 heavy (non-hydrogen) atoms. The third-order valence-corrected chi connectivity index (χ3v) is 5.31. The predicted molar refractivity (Wildman–Crippen MR) is 107 cm³/mol. The lowest BCUT2D eigenvalue weighted by Crippen LogP contribution is -2.49. The number of carbonyl (C=O) groups excluding carboxylic acids is 1. The molecule has 0 aliphatic carbocycles. The van der Waals surface area contributed by atoms with E-state index >= 15 is 0 Å². The van der Waals surface area contributed by atoms with Crippen LogP contribution in [0, 0.1) is 6.92 Å². The number of aromatic nitrogens is 3. The van der Waals surface area contributed by atoms with E-state index in [4.69, 9.17) is 9.72 Å². The molecule has 2 saturated heterocycles. The maximum absolute atomic E-state index is 12.7. The minimum atomic E-state index is -4.52. The largest absolute Gasteiger partial charge is 0.433 e. The second-order valence-electron chi connectivity index (χ2n) is 7.48. The van der Waals surface area contributed by atoms with E-state index in [-0.39, 0.29) is 11.5 Å². The van der Waals surface area contributed by atoms with Crippen molar-refractivity contribution in [3.63, 3.8) is 0 Å². The highest BCUT2D eigenvalue weighted by Gasteiger charge is 2.32. The van der Waals surface area contributed by atoms with Gasteiger partial charge in [-0.25, -0.2) is 4.98 Å². The molecule has 0 aromatic carbocycles. The van der Waals surface area contributed by atoms with Gasteiger partial charge >= 0.3 is 6.18 Å². The zero-order chi connectivity index (χ0) is 22.0. The molecule has 2 aromatic heterocycles. The Bertz CT molecular complexity index is 924. The molecule has 0 N–H and O–H groups in total. The summed E-state index contributed by atoms with van der Waals surface area (Å²) in [7, 11) is 0. The van der Waals surface area contributed by atoms with Gasteiger partial charge in [0.15, 0.2) is 0 Å². The van der Waals surface area contributed by atoms with Crippen LogP contribution in [0.5, 0.6) is 0 Å². The fourth-order valence-corrected chi connectivity index (χ4v) is 3.61. The molecule has 0 spiro atoms. The summed E-state index contributed by atoms with van der Waals surface area (Å²) in [6.07, 6.45) is -3.54. The number of morpholine rings is 1. The Morgan fingerprint density at radius 2 is 1.71 bits per heavy atom. The van der Waals surface area contributed by atoms with Crippen LogP contribution in [0.1, 0.15) is 21.7 Å². The van der Waals surface area contributed by atoms with E-state index < -0.39 is 11.9 Å². The topological polar surface area (TPSA) is 74.7 Å². The molecule has 4 rings (SSSR count). The number of piperazine rings is 1. The van der Waals surface area contributed by atoms with Crippen LogP contribution >= 0.6 is 0 Å². The summed E-state index contributed by atoms with van der Waals surface area (Å²) in [5.41, 5.74) is -0.00108. The number of alkyl halides is 3. The fraction of sp³-hybridized carbons (Fsp3) is 0.500. The number of rotatable bonds is 3. The molecular weight excluding hydrogens is 413 g/mol. The van der Waals surface area contributed by atoms with E-state index in [0.717, 1.165) is 36.9 Å². The Balaban J connectivity index is 1.40. The molecule has 4 heterocycles. The van der Waals surface area contributed by atoms with Gasteiger partial charge in [0.1, 0.15) is 11.5 Å². The Kier molecular flexibility index (Phi) is 5.94. The number of amides is 1. The second kappa shape index (κ2) is 8.66. The quantitative estimate of drug-likeness (QED) is 0.729. The first-order valence-corrected chi connectivity index (χ1v) is 10.1. The van der Waals surface area contributed by atoms with Crippen molar-refractivity contribution in [1.82, 2.24) is 19.9 Å². The van der Waals surface area contributed by atoms with Crippen LogP contribution in [-0.2, 0) is 10.9 Å². The first-order chi connectivity index (χ1) is 14.8. The molecular formula is C20H23F3N6O2. The van der Waals surface area contributed by atoms with Crippen molar-refractivity contribution in [3.05, 3.63) is 41.3 Å². The van der Waals surface area contributed by atoms with E-state index in [2.05, 4.69) is 19.8 Å². The van der Waals surface area contributed by atoms with Crippen molar-refractivity contribution in [2.75, 3.05) is 62.3 Å². The number of aryl methyl sites for hydroxylation is 1. The zero-order valence-electron chi connectivity index (χ0n) is 17.1. The van der Waals surface area contributed by atoms with Crippen LogP contribution in [-0.4, -0.2) is 78.2 Å². The van der Waals surface area contributed by atoms with Crippen LogP contribution in [0.2, 0.25) is 0 Å². The number of halogens is 3. The van der Waals surface area contributed by atoms with Gasteiger partial charge < -0.3 is 19.4 Å². The molecule has 0 atom stereocenters. The average molecular weight is 436 g/mol. The van der Waals surface area contributed by atoms with Gasteiger partial charge in [0.2, 0.25) is 5.95 Å². The minimum absolute atomic E-state index is 0.147. The normalized spacial score (nSPS) is 17.7. The lowest BCUT2D eigenvalue weighted by molar-refractivity contribution is -0.141. The van der Waals surface area contributed by atoms with Gasteiger partial charge in [-0.15, -0.1) is 0 Å². The fourth-order valence-electron chi connectivity index (χ4n) is 3.61. The standard InChI is InChI=1S/C20H23F3N6O2/c1-14-12-17(26-19(25-14)29-8-10-31-11-9-29)27-4-6-28(7-5-27)18(30)15-2-3-16(24-13-15)20(21,22)23/h2-3,12-13H,4-11H2,1H3. The van der Waals surface area contributed by atoms with Crippen LogP contribution in [0.15, 0.2) is 24.4 Å². The molecule has 2 aromatic rings. The molecule has 166 valence electrons. The van der Waals surface area contributed by atoms with Crippen molar-refractivity contribution in [2.45, 2.75) is 13.1 Å². The predicted octanol–water partition coefficient (Wildman–Crippen LogP) is 2.00. The highest BCUT2D eigenvalue weighted by molar-refractivity contribution is 5.94. The maximum atomic E-state index is 12.7. The van der Waals surface area contributed by atoms with Crippen LogP contribution in [0.3, 0.4) is 0 Å². The SMILES string of the molecule is Cc1cc(N2CCN(C(=O)c3ccc(C(F)(F)F)nc3)CC2)nc(N2CCOCC2)n1. The van der Waals surface area contributed by atoms with E-state index in [0.29, 0.717) is 45.3 Å². The van der Waals surface area contributed by atoms with Gasteiger partial charge in [0, 0.05) is 57.2 Å². The van der Waals surface area contributed by atoms with E-state index in [1.54, 1.807) is 4.90 Å². The number of nitrogens with zero attached hydrogens (tertiary/aromatic N) is 6. The first kappa shape index (κ1) is 21.3. The third-order valence-electron chi connectivity index (χ3n) is 5.31. The third kappa shape index (κ3) is 4.87. The summed E-state index contributed by atoms with van der Waals surface area (Å²) in [6, 6.07) is 3.93. The Morgan fingerprint density at radius 1 is 1.00 bits per heavy atom. The van der Waals surface area contributed by atoms with Gasteiger partial charge in [-0.1, -0.05) is 0 Å². The zero-order valence-corrected chi connectivity index (χ0v) is 17.1. The van der Waals surface area contributed by atoms with Gasteiger partial charge in [-0.3, -0.25) is 9.78 Å². The van der Waals surface area contributed by atoms with Crippen molar-refractivity contribution >= 4 is 17.7 Å². The lowest BCUT2D eigenvalue weighted by atomic mass is 10.2. The van der Waals surface area contributed by atoms with E-state index in [9.17, 15) is 18.0 Å². The van der Waals surface area contributed by atoms with Gasteiger partial charge in [0.05, 0.1) is 18.8 Å². The monoisotopic (exact) mass is 436 g/mol.